The van der Waals surface area contributed by atoms with E-state index in [2.05, 4.69) is 4.52 Å². The van der Waals surface area contributed by atoms with Crippen LogP contribution in [0.15, 0.2) is 0 Å². The van der Waals surface area contributed by atoms with Crippen LogP contribution >= 0.6 is 7.82 Å². The molecule has 0 amide bonds. The Morgan fingerprint density at radius 3 is 2.45 bits per heavy atom. The zero-order valence-electron chi connectivity index (χ0n) is 6.65. The summed E-state index contributed by atoms with van der Waals surface area (Å²) in [6.45, 7) is 2.31. The number of hydrogen-bond acceptors (Lipinski definition) is 4. The predicted octanol–water partition coefficient (Wildman–Crippen LogP) is -3.50. The third-order valence-electron chi connectivity index (χ3n) is 0.686. The molecule has 0 saturated heterocycles. The Labute approximate surface area is 87.6 Å². The molecule has 0 heterocycles. The first-order chi connectivity index (χ1) is 4.56. The first-order valence-corrected chi connectivity index (χ1v) is 4.32. The van der Waals surface area contributed by atoms with Crippen molar-refractivity contribution >= 4 is 7.82 Å². The van der Waals surface area contributed by atoms with Crippen LogP contribution in [0.4, 0.5) is 0 Å². The molecule has 0 bridgehead atoms. The minimum absolute atomic E-state index is 0. The fourth-order valence-corrected chi connectivity index (χ4v) is 0.661. The van der Waals surface area contributed by atoms with Crippen molar-refractivity contribution in [3.05, 3.63) is 0 Å². The summed E-state index contributed by atoms with van der Waals surface area (Å²) in [6.07, 6.45) is 0. The summed E-state index contributed by atoms with van der Waals surface area (Å²) in [5, 5.41) is 0. The van der Waals surface area contributed by atoms with Gasteiger partial charge in [-0.25, -0.2) is 0 Å². The summed E-state index contributed by atoms with van der Waals surface area (Å²) in [4.78, 5) is 17.9. The topological polar surface area (TPSA) is 78.8 Å². The molecule has 0 aliphatic heterocycles. The second-order valence-corrected chi connectivity index (χ2v) is 2.69. The molecular formula is C4H10NaO5P. The van der Waals surface area contributed by atoms with E-state index in [-0.39, 0.29) is 42.8 Å². The van der Waals surface area contributed by atoms with E-state index < -0.39 is 7.82 Å². The average molecular weight is 192 g/mol. The molecule has 0 aromatic carbocycles. The van der Waals surface area contributed by atoms with E-state index >= 15 is 0 Å². The van der Waals surface area contributed by atoms with E-state index in [9.17, 15) is 9.46 Å². The summed E-state index contributed by atoms with van der Waals surface area (Å²) in [6, 6.07) is 0. The van der Waals surface area contributed by atoms with Gasteiger partial charge in [0.05, 0.1) is 13.2 Å². The maximum Gasteiger partial charge on any atom is 1.00 e. The van der Waals surface area contributed by atoms with Crippen molar-refractivity contribution in [2.45, 2.75) is 6.92 Å². The molecule has 0 radical (unpaired) electrons. The van der Waals surface area contributed by atoms with Crippen LogP contribution in [0.25, 0.3) is 0 Å². The van der Waals surface area contributed by atoms with E-state index in [0.29, 0.717) is 6.61 Å². The molecule has 5 nitrogen and oxygen atoms in total. The second-order valence-electron chi connectivity index (χ2n) is 1.50. The number of rotatable bonds is 5. The number of phosphoric acid groups is 1. The van der Waals surface area contributed by atoms with E-state index in [0.717, 1.165) is 0 Å². The Morgan fingerprint density at radius 1 is 1.55 bits per heavy atom. The van der Waals surface area contributed by atoms with E-state index in [4.69, 9.17) is 9.63 Å². The third kappa shape index (κ3) is 14.0. The molecule has 1 atom stereocenters. The van der Waals surface area contributed by atoms with Gasteiger partial charge in [0.25, 0.3) is 7.82 Å². The summed E-state index contributed by atoms with van der Waals surface area (Å²) in [7, 11) is -4.54. The van der Waals surface area contributed by atoms with Gasteiger partial charge >= 0.3 is 29.6 Å². The van der Waals surface area contributed by atoms with Crippen LogP contribution in [-0.2, 0) is 13.8 Å². The molecule has 1 unspecified atom stereocenters. The molecule has 0 spiro atoms. The third-order valence-corrected chi connectivity index (χ3v) is 1.20. The van der Waals surface area contributed by atoms with Crippen LogP contribution in [0.2, 0.25) is 0 Å². The van der Waals surface area contributed by atoms with E-state index in [1.54, 1.807) is 6.92 Å². The van der Waals surface area contributed by atoms with Crippen LogP contribution in [0.5, 0.6) is 0 Å². The van der Waals surface area contributed by atoms with Crippen LogP contribution in [0.3, 0.4) is 0 Å². The second kappa shape index (κ2) is 7.71. The molecule has 0 fully saturated rings. The molecule has 1 N–H and O–H groups in total. The van der Waals surface area contributed by atoms with Crippen LogP contribution in [-0.4, -0.2) is 24.7 Å². The zero-order valence-corrected chi connectivity index (χ0v) is 9.54. The van der Waals surface area contributed by atoms with Gasteiger partial charge in [0.1, 0.15) is 0 Å². The van der Waals surface area contributed by atoms with Crippen molar-refractivity contribution < 1.29 is 53.2 Å². The van der Waals surface area contributed by atoms with Crippen LogP contribution in [0.1, 0.15) is 6.92 Å². The number of ether oxygens (including phenoxy) is 1. The Bertz CT molecular complexity index is 124. The molecule has 0 aromatic heterocycles. The molecule has 62 valence electrons. The fourth-order valence-electron chi connectivity index (χ4n) is 0.356. The summed E-state index contributed by atoms with van der Waals surface area (Å²) >= 11 is 0. The smallest absolute Gasteiger partial charge is 0.756 e. The molecule has 0 saturated carbocycles. The number of hydrogen-bond donors (Lipinski definition) is 1. The summed E-state index contributed by atoms with van der Waals surface area (Å²) < 4.78 is 18.6. The van der Waals surface area contributed by atoms with E-state index in [1.807, 2.05) is 0 Å². The Morgan fingerprint density at radius 2 is 2.09 bits per heavy atom. The average Bonchev–Trinajstić information content (AvgIpc) is 1.78. The largest absolute Gasteiger partial charge is 1.00 e. The van der Waals surface area contributed by atoms with Crippen LogP contribution < -0.4 is 34.5 Å². The minimum Gasteiger partial charge on any atom is -0.756 e. The molecule has 0 aliphatic carbocycles. The van der Waals surface area contributed by atoms with Gasteiger partial charge in [-0.05, 0) is 6.92 Å². The molecule has 0 aliphatic rings. The molecular weight excluding hydrogens is 182 g/mol. The quantitative estimate of drug-likeness (QED) is 0.278. The predicted molar refractivity (Wildman–Crippen MR) is 32.3 cm³/mol. The summed E-state index contributed by atoms with van der Waals surface area (Å²) in [5.41, 5.74) is 0. The maximum absolute atomic E-state index is 9.90. The van der Waals surface area contributed by atoms with Crippen molar-refractivity contribution in [3.8, 4) is 0 Å². The van der Waals surface area contributed by atoms with E-state index in [1.165, 1.54) is 0 Å². The molecule has 0 rings (SSSR count). The Balaban J connectivity index is 0. The molecule has 11 heavy (non-hydrogen) atoms. The van der Waals surface area contributed by atoms with Gasteiger partial charge in [-0.1, -0.05) is 0 Å². The van der Waals surface area contributed by atoms with Gasteiger partial charge in [0.2, 0.25) is 0 Å². The van der Waals surface area contributed by atoms with Gasteiger partial charge in [0, 0.05) is 6.61 Å². The molecule has 0 aromatic rings. The van der Waals surface area contributed by atoms with Crippen molar-refractivity contribution in [2.75, 3.05) is 19.8 Å². The Kier molecular flexibility index (Phi) is 10.2. The van der Waals surface area contributed by atoms with Gasteiger partial charge < -0.3 is 19.0 Å². The SMILES string of the molecule is CCOCCOP(=O)([O-])O.[Na+]. The summed E-state index contributed by atoms with van der Waals surface area (Å²) in [5.74, 6) is 0. The first kappa shape index (κ1) is 14.6. The van der Waals surface area contributed by atoms with Crippen molar-refractivity contribution in [1.29, 1.82) is 0 Å². The van der Waals surface area contributed by atoms with Crippen molar-refractivity contribution in [2.24, 2.45) is 0 Å². The zero-order chi connectivity index (χ0) is 8.04. The van der Waals surface area contributed by atoms with Gasteiger partial charge in [0.15, 0.2) is 0 Å². The Hall–Kier alpha value is 1.07. The van der Waals surface area contributed by atoms with Crippen molar-refractivity contribution in [1.82, 2.24) is 0 Å². The molecule has 7 heteroatoms. The normalized spacial score (nSPS) is 15.2. The van der Waals surface area contributed by atoms with Gasteiger partial charge in [-0.15, -0.1) is 0 Å². The van der Waals surface area contributed by atoms with Gasteiger partial charge in [-0.3, -0.25) is 4.57 Å². The van der Waals surface area contributed by atoms with Gasteiger partial charge in [-0.2, -0.15) is 0 Å². The standard InChI is InChI=1S/C4H11O5P.Na/c1-2-8-3-4-9-10(5,6)7;/h2-4H2,1H3,(H2,5,6,7);/q;+1/p-1. The minimum atomic E-state index is -4.54. The van der Waals surface area contributed by atoms with Crippen molar-refractivity contribution in [3.63, 3.8) is 0 Å². The maximum atomic E-state index is 9.90. The fraction of sp³-hybridized carbons (Fsp3) is 1.00. The first-order valence-electron chi connectivity index (χ1n) is 2.82. The number of phosphoric ester groups is 1. The van der Waals surface area contributed by atoms with Crippen LogP contribution in [0, 0.1) is 0 Å². The monoisotopic (exact) mass is 192 g/mol.